The molecule has 2 atom stereocenters. The molecule has 2 aliphatic rings. The molecule has 2 amide bonds. The van der Waals surface area contributed by atoms with Crippen LogP contribution < -0.4 is 19.5 Å². The Morgan fingerprint density at radius 3 is 2.38 bits per heavy atom. The Morgan fingerprint density at radius 2 is 1.76 bits per heavy atom. The van der Waals surface area contributed by atoms with E-state index in [0.717, 1.165) is 24.1 Å². The van der Waals surface area contributed by atoms with E-state index in [4.69, 9.17) is 23.9 Å². The molecule has 9 heteroatoms. The van der Waals surface area contributed by atoms with Crippen molar-refractivity contribution in [1.29, 1.82) is 0 Å². The van der Waals surface area contributed by atoms with Crippen LogP contribution in [0.5, 0.6) is 17.4 Å². The summed E-state index contributed by atoms with van der Waals surface area (Å²) < 4.78 is 22.2. The first-order valence-corrected chi connectivity index (χ1v) is 12.7. The highest BCUT2D eigenvalue weighted by molar-refractivity contribution is 5.81. The summed E-state index contributed by atoms with van der Waals surface area (Å²) in [6, 6.07) is 11.4. The van der Waals surface area contributed by atoms with Gasteiger partial charge in [0.25, 0.3) is 0 Å². The summed E-state index contributed by atoms with van der Waals surface area (Å²) in [4.78, 5) is 32.4. The van der Waals surface area contributed by atoms with Crippen molar-refractivity contribution in [3.8, 4) is 17.4 Å². The molecule has 2 aromatic rings. The largest absolute Gasteiger partial charge is 0.497 e. The number of nitrogens with one attached hydrogen (secondary N) is 1. The standard InChI is InChI=1S/C28H37N3O6/c1-28(2,3)37-27(33)31-12-11-22(23(16-31)26(32)29-19-9-10-19)24-7-6-8-25(30-24)36-17-18-13-20(34-4)15-21(14-18)35-5/h6-8,13-15,19,22-23H,9-12,16-17H2,1-5H3,(H,29,32)/t22-,23-/m0/s1. The molecule has 2 fully saturated rings. The molecule has 0 radical (unpaired) electrons. The molecular weight excluding hydrogens is 474 g/mol. The number of piperidine rings is 1. The molecule has 0 bridgehead atoms. The van der Waals surface area contributed by atoms with E-state index < -0.39 is 17.6 Å². The fraction of sp³-hybridized carbons (Fsp3) is 0.536. The van der Waals surface area contributed by atoms with Crippen molar-refractivity contribution in [2.75, 3.05) is 27.3 Å². The molecule has 1 aromatic carbocycles. The Hall–Kier alpha value is -3.49. The van der Waals surface area contributed by atoms with Gasteiger partial charge in [0.2, 0.25) is 11.8 Å². The molecule has 0 spiro atoms. The third-order valence-electron chi connectivity index (χ3n) is 6.45. The fourth-order valence-electron chi connectivity index (χ4n) is 4.42. The smallest absolute Gasteiger partial charge is 0.410 e. The number of ether oxygens (including phenoxy) is 4. The minimum Gasteiger partial charge on any atom is -0.497 e. The Morgan fingerprint density at radius 1 is 1.05 bits per heavy atom. The van der Waals surface area contributed by atoms with Gasteiger partial charge >= 0.3 is 6.09 Å². The van der Waals surface area contributed by atoms with Crippen LogP contribution in [0, 0.1) is 5.92 Å². The van der Waals surface area contributed by atoms with E-state index in [1.807, 2.05) is 45.0 Å². The Labute approximate surface area is 218 Å². The van der Waals surface area contributed by atoms with Gasteiger partial charge in [0, 0.05) is 42.9 Å². The monoisotopic (exact) mass is 511 g/mol. The molecule has 1 saturated heterocycles. The molecule has 4 rings (SSSR count). The van der Waals surface area contributed by atoms with E-state index in [0.29, 0.717) is 30.3 Å². The molecule has 0 unspecified atom stereocenters. The summed E-state index contributed by atoms with van der Waals surface area (Å²) in [5.74, 6) is 1.22. The number of benzene rings is 1. The average Bonchev–Trinajstić information content (AvgIpc) is 3.70. The zero-order valence-corrected chi connectivity index (χ0v) is 22.3. The van der Waals surface area contributed by atoms with E-state index in [-0.39, 0.29) is 31.0 Å². The molecule has 9 nitrogen and oxygen atoms in total. The lowest BCUT2D eigenvalue weighted by molar-refractivity contribution is -0.127. The molecule has 1 aliphatic heterocycles. The maximum absolute atomic E-state index is 13.2. The number of hydrogen-bond acceptors (Lipinski definition) is 7. The van der Waals surface area contributed by atoms with Gasteiger partial charge in [-0.2, -0.15) is 0 Å². The van der Waals surface area contributed by atoms with Crippen molar-refractivity contribution in [2.45, 2.75) is 64.2 Å². The third kappa shape index (κ3) is 7.27. The highest BCUT2D eigenvalue weighted by Crippen LogP contribution is 2.35. The van der Waals surface area contributed by atoms with Crippen molar-refractivity contribution >= 4 is 12.0 Å². The number of methoxy groups -OCH3 is 2. The van der Waals surface area contributed by atoms with Gasteiger partial charge in [-0.15, -0.1) is 0 Å². The van der Waals surface area contributed by atoms with Gasteiger partial charge in [0.05, 0.1) is 20.1 Å². The van der Waals surface area contributed by atoms with Gasteiger partial charge in [-0.3, -0.25) is 4.79 Å². The Bertz CT molecular complexity index is 1090. The SMILES string of the molecule is COc1cc(COc2cccc([C@H]3CCN(C(=O)OC(C)(C)C)C[C@@H]3C(=O)NC3CC3)n2)cc(OC)c1. The van der Waals surface area contributed by atoms with Gasteiger partial charge in [0.1, 0.15) is 23.7 Å². The van der Waals surface area contributed by atoms with Gasteiger partial charge in [0.15, 0.2) is 0 Å². The normalized spacial score (nSPS) is 19.6. The van der Waals surface area contributed by atoms with Crippen molar-refractivity contribution in [1.82, 2.24) is 15.2 Å². The van der Waals surface area contributed by atoms with Gasteiger partial charge < -0.3 is 29.2 Å². The summed E-state index contributed by atoms with van der Waals surface area (Å²) in [5, 5.41) is 3.11. The molecular formula is C28H37N3O6. The van der Waals surface area contributed by atoms with Crippen molar-refractivity contribution in [3.63, 3.8) is 0 Å². The van der Waals surface area contributed by atoms with E-state index in [2.05, 4.69) is 5.32 Å². The summed E-state index contributed by atoms with van der Waals surface area (Å²) in [5.41, 5.74) is 1.07. The quantitative estimate of drug-likeness (QED) is 0.564. The second-order valence-electron chi connectivity index (χ2n) is 10.6. The van der Waals surface area contributed by atoms with Gasteiger partial charge in [-0.25, -0.2) is 9.78 Å². The first-order chi connectivity index (χ1) is 17.6. The van der Waals surface area contributed by atoms with Crippen LogP contribution in [-0.2, 0) is 16.1 Å². The van der Waals surface area contributed by atoms with Gasteiger partial charge in [-0.1, -0.05) is 6.07 Å². The van der Waals surface area contributed by atoms with Crippen LogP contribution in [-0.4, -0.2) is 60.8 Å². The number of carbonyl (C=O) groups is 2. The highest BCUT2D eigenvalue weighted by Gasteiger charge is 2.40. The molecule has 200 valence electrons. The molecule has 1 saturated carbocycles. The van der Waals surface area contributed by atoms with Crippen LogP contribution in [0.3, 0.4) is 0 Å². The zero-order chi connectivity index (χ0) is 26.6. The summed E-state index contributed by atoms with van der Waals surface area (Å²) in [6.45, 7) is 6.58. The summed E-state index contributed by atoms with van der Waals surface area (Å²) in [7, 11) is 3.21. The lowest BCUT2D eigenvalue weighted by Gasteiger charge is -2.38. The van der Waals surface area contributed by atoms with Crippen molar-refractivity contribution in [2.24, 2.45) is 5.92 Å². The van der Waals surface area contributed by atoms with Crippen LogP contribution in [0.15, 0.2) is 36.4 Å². The maximum atomic E-state index is 13.2. The number of rotatable bonds is 8. The number of nitrogens with zero attached hydrogens (tertiary/aromatic N) is 2. The summed E-state index contributed by atoms with van der Waals surface area (Å²) in [6.07, 6.45) is 2.20. The van der Waals surface area contributed by atoms with Crippen molar-refractivity contribution in [3.05, 3.63) is 47.7 Å². The summed E-state index contributed by atoms with van der Waals surface area (Å²) >= 11 is 0. The van der Waals surface area contributed by atoms with E-state index >= 15 is 0 Å². The fourth-order valence-corrected chi connectivity index (χ4v) is 4.42. The Balaban J connectivity index is 1.49. The number of aromatic nitrogens is 1. The van der Waals surface area contributed by atoms with Crippen LogP contribution in [0.4, 0.5) is 4.79 Å². The van der Waals surface area contributed by atoms with Crippen LogP contribution in [0.1, 0.15) is 57.2 Å². The molecule has 1 aliphatic carbocycles. The maximum Gasteiger partial charge on any atom is 0.410 e. The number of carbonyl (C=O) groups excluding carboxylic acids is 2. The van der Waals surface area contributed by atoms with Gasteiger partial charge in [-0.05, 0) is 63.8 Å². The van der Waals surface area contributed by atoms with Crippen LogP contribution in [0.2, 0.25) is 0 Å². The Kier molecular flexibility index (Phi) is 8.10. The second-order valence-corrected chi connectivity index (χ2v) is 10.6. The highest BCUT2D eigenvalue weighted by atomic mass is 16.6. The lowest BCUT2D eigenvalue weighted by atomic mass is 9.82. The minimum atomic E-state index is -0.598. The molecule has 37 heavy (non-hydrogen) atoms. The number of amides is 2. The zero-order valence-electron chi connectivity index (χ0n) is 22.3. The first kappa shape index (κ1) is 26.6. The number of likely N-dealkylation sites (tertiary alicyclic amines) is 1. The number of pyridine rings is 1. The van der Waals surface area contributed by atoms with Crippen molar-refractivity contribution < 1.29 is 28.5 Å². The van der Waals surface area contributed by atoms with E-state index in [1.54, 1.807) is 31.3 Å². The number of hydrogen-bond donors (Lipinski definition) is 1. The first-order valence-electron chi connectivity index (χ1n) is 12.7. The predicted molar refractivity (Wildman–Crippen MR) is 138 cm³/mol. The van der Waals surface area contributed by atoms with E-state index in [1.165, 1.54) is 0 Å². The second kappa shape index (κ2) is 11.3. The molecule has 1 N–H and O–H groups in total. The van der Waals surface area contributed by atoms with Crippen LogP contribution >= 0.6 is 0 Å². The van der Waals surface area contributed by atoms with Crippen LogP contribution in [0.25, 0.3) is 0 Å². The minimum absolute atomic E-state index is 0.0441. The topological polar surface area (TPSA) is 99.2 Å². The molecule has 2 heterocycles. The predicted octanol–water partition coefficient (Wildman–Crippen LogP) is 4.30. The lowest BCUT2D eigenvalue weighted by Crippen LogP contribution is -2.50. The average molecular weight is 512 g/mol. The third-order valence-corrected chi connectivity index (χ3v) is 6.45. The van der Waals surface area contributed by atoms with E-state index in [9.17, 15) is 9.59 Å². The molecule has 1 aromatic heterocycles.